The van der Waals surface area contributed by atoms with E-state index < -0.39 is 12.1 Å². The summed E-state index contributed by atoms with van der Waals surface area (Å²) < 4.78 is 37.8. The fourth-order valence-corrected chi connectivity index (χ4v) is 1.92. The summed E-state index contributed by atoms with van der Waals surface area (Å²) in [6.45, 7) is 6.37. The van der Waals surface area contributed by atoms with E-state index in [9.17, 15) is 13.2 Å². The van der Waals surface area contributed by atoms with Gasteiger partial charge in [0.25, 0.3) is 0 Å². The first-order chi connectivity index (χ1) is 6.60. The van der Waals surface area contributed by atoms with Crippen molar-refractivity contribution in [3.63, 3.8) is 0 Å². The van der Waals surface area contributed by atoms with E-state index in [2.05, 4.69) is 0 Å². The molecule has 2 atom stereocenters. The van der Waals surface area contributed by atoms with Crippen LogP contribution in [0.25, 0.3) is 0 Å². The molecule has 15 heavy (non-hydrogen) atoms. The van der Waals surface area contributed by atoms with Crippen molar-refractivity contribution in [3.8, 4) is 0 Å². The van der Waals surface area contributed by atoms with Crippen molar-refractivity contribution >= 4 is 0 Å². The molecule has 2 nitrogen and oxygen atoms in total. The fraction of sp³-hybridized carbons (Fsp3) is 1.00. The van der Waals surface area contributed by atoms with Crippen molar-refractivity contribution in [2.75, 3.05) is 13.1 Å². The van der Waals surface area contributed by atoms with Crippen LogP contribution < -0.4 is 5.73 Å². The highest BCUT2D eigenvalue weighted by Crippen LogP contribution is 2.34. The summed E-state index contributed by atoms with van der Waals surface area (Å²) in [7, 11) is 0. The molecule has 1 aliphatic rings. The molecule has 0 saturated carbocycles. The lowest BCUT2D eigenvalue weighted by Gasteiger charge is -2.44. The lowest BCUT2D eigenvalue weighted by atomic mass is 9.90. The number of piperidine rings is 1. The maximum absolute atomic E-state index is 12.6. The van der Waals surface area contributed by atoms with E-state index in [0.717, 1.165) is 0 Å². The Bertz CT molecular complexity index is 198. The second-order valence-corrected chi connectivity index (χ2v) is 5.31. The van der Waals surface area contributed by atoms with Crippen LogP contribution in [0.15, 0.2) is 0 Å². The minimum Gasteiger partial charge on any atom is -0.327 e. The van der Waals surface area contributed by atoms with Gasteiger partial charge in [0, 0.05) is 24.7 Å². The van der Waals surface area contributed by atoms with E-state index in [1.807, 2.05) is 25.7 Å². The van der Waals surface area contributed by atoms with Gasteiger partial charge in [-0.25, -0.2) is 0 Å². The predicted molar refractivity (Wildman–Crippen MR) is 53.5 cm³/mol. The Morgan fingerprint density at radius 1 is 1.13 bits per heavy atom. The summed E-state index contributed by atoms with van der Waals surface area (Å²) in [6.07, 6.45) is -4.07. The van der Waals surface area contributed by atoms with Gasteiger partial charge in [-0.15, -0.1) is 0 Å². The van der Waals surface area contributed by atoms with Crippen LogP contribution in [0.2, 0.25) is 0 Å². The van der Waals surface area contributed by atoms with E-state index in [1.54, 1.807) is 0 Å². The molecular formula is C10H19F3N2. The molecule has 0 aromatic rings. The summed E-state index contributed by atoms with van der Waals surface area (Å²) in [5.41, 5.74) is 5.42. The van der Waals surface area contributed by atoms with Crippen LogP contribution in [0.3, 0.4) is 0 Å². The number of rotatable bonds is 0. The Balaban J connectivity index is 2.73. The van der Waals surface area contributed by atoms with Crippen LogP contribution in [0.1, 0.15) is 27.2 Å². The Kier molecular flexibility index (Phi) is 3.36. The van der Waals surface area contributed by atoms with Gasteiger partial charge in [0.2, 0.25) is 0 Å². The zero-order valence-electron chi connectivity index (χ0n) is 9.43. The number of halogens is 3. The quantitative estimate of drug-likeness (QED) is 0.682. The molecule has 0 radical (unpaired) electrons. The minimum absolute atomic E-state index is 0.0517. The number of likely N-dealkylation sites (tertiary alicyclic amines) is 1. The maximum Gasteiger partial charge on any atom is 0.393 e. The molecule has 1 rings (SSSR count). The molecule has 2 unspecified atom stereocenters. The Morgan fingerprint density at radius 2 is 1.67 bits per heavy atom. The van der Waals surface area contributed by atoms with Gasteiger partial charge in [-0.2, -0.15) is 13.2 Å². The molecule has 0 amide bonds. The lowest BCUT2D eigenvalue weighted by molar-refractivity contribution is -0.192. The average molecular weight is 224 g/mol. The first-order valence-corrected chi connectivity index (χ1v) is 5.18. The van der Waals surface area contributed by atoms with E-state index in [-0.39, 0.29) is 24.5 Å². The third kappa shape index (κ3) is 3.34. The normalized spacial score (nSPS) is 30.6. The highest BCUT2D eigenvalue weighted by molar-refractivity contribution is 4.90. The van der Waals surface area contributed by atoms with Crippen molar-refractivity contribution in [3.05, 3.63) is 0 Å². The number of hydrogen-bond acceptors (Lipinski definition) is 2. The van der Waals surface area contributed by atoms with Crippen LogP contribution >= 0.6 is 0 Å². The second kappa shape index (κ2) is 3.94. The number of nitrogens with two attached hydrogens (primary N) is 1. The summed E-state index contributed by atoms with van der Waals surface area (Å²) in [5, 5.41) is 0. The minimum atomic E-state index is -4.12. The second-order valence-electron chi connectivity index (χ2n) is 5.31. The van der Waals surface area contributed by atoms with E-state index >= 15 is 0 Å². The first-order valence-electron chi connectivity index (χ1n) is 5.18. The van der Waals surface area contributed by atoms with E-state index in [4.69, 9.17) is 5.73 Å². The molecule has 0 spiro atoms. The Hall–Kier alpha value is -0.290. The van der Waals surface area contributed by atoms with Crippen molar-refractivity contribution in [1.82, 2.24) is 4.90 Å². The Labute approximate surface area is 88.6 Å². The van der Waals surface area contributed by atoms with Crippen LogP contribution in [0.4, 0.5) is 13.2 Å². The van der Waals surface area contributed by atoms with Gasteiger partial charge >= 0.3 is 6.18 Å². The predicted octanol–water partition coefficient (Wildman–Crippen LogP) is 2.00. The summed E-state index contributed by atoms with van der Waals surface area (Å²) >= 11 is 0. The SMILES string of the molecule is CC(C)(C)N1CC(N)CC(C(F)(F)F)C1. The van der Waals surface area contributed by atoms with Gasteiger partial charge in [0.05, 0.1) is 5.92 Å². The molecule has 0 bridgehead atoms. The maximum atomic E-state index is 12.6. The zero-order valence-corrected chi connectivity index (χ0v) is 9.43. The van der Waals surface area contributed by atoms with Gasteiger partial charge in [0.15, 0.2) is 0 Å². The molecule has 1 aliphatic heterocycles. The van der Waals surface area contributed by atoms with Crippen LogP contribution in [-0.2, 0) is 0 Å². The molecule has 0 aromatic heterocycles. The van der Waals surface area contributed by atoms with Gasteiger partial charge in [-0.3, -0.25) is 4.90 Å². The molecule has 0 aromatic carbocycles. The topological polar surface area (TPSA) is 29.3 Å². The average Bonchev–Trinajstić information content (AvgIpc) is 1.99. The molecule has 90 valence electrons. The van der Waals surface area contributed by atoms with Crippen molar-refractivity contribution in [2.45, 2.75) is 44.9 Å². The first kappa shape index (κ1) is 12.8. The van der Waals surface area contributed by atoms with E-state index in [1.165, 1.54) is 0 Å². The molecule has 1 fully saturated rings. The summed E-state index contributed by atoms with van der Waals surface area (Å²) in [4.78, 5) is 1.82. The van der Waals surface area contributed by atoms with Crippen molar-refractivity contribution in [2.24, 2.45) is 11.7 Å². The van der Waals surface area contributed by atoms with Crippen molar-refractivity contribution in [1.29, 1.82) is 0 Å². The monoisotopic (exact) mass is 224 g/mol. The third-order valence-corrected chi connectivity index (χ3v) is 2.89. The van der Waals surface area contributed by atoms with Crippen molar-refractivity contribution < 1.29 is 13.2 Å². The van der Waals surface area contributed by atoms with Gasteiger partial charge in [-0.05, 0) is 27.2 Å². The highest BCUT2D eigenvalue weighted by atomic mass is 19.4. The fourth-order valence-electron chi connectivity index (χ4n) is 1.92. The molecule has 1 saturated heterocycles. The largest absolute Gasteiger partial charge is 0.393 e. The molecule has 1 heterocycles. The Morgan fingerprint density at radius 3 is 2.07 bits per heavy atom. The molecule has 5 heteroatoms. The summed E-state index contributed by atoms with van der Waals surface area (Å²) in [5.74, 6) is -1.28. The number of alkyl halides is 3. The van der Waals surface area contributed by atoms with Gasteiger partial charge in [-0.1, -0.05) is 0 Å². The van der Waals surface area contributed by atoms with Crippen LogP contribution in [0, 0.1) is 5.92 Å². The zero-order chi connectivity index (χ0) is 11.9. The molecule has 0 aliphatic carbocycles. The lowest BCUT2D eigenvalue weighted by Crippen LogP contribution is -2.56. The highest BCUT2D eigenvalue weighted by Gasteiger charge is 2.45. The smallest absolute Gasteiger partial charge is 0.327 e. The molecule has 2 N–H and O–H groups in total. The summed E-state index contributed by atoms with van der Waals surface area (Å²) in [6, 6.07) is -0.371. The van der Waals surface area contributed by atoms with Gasteiger partial charge in [0.1, 0.15) is 0 Å². The van der Waals surface area contributed by atoms with Crippen LogP contribution in [0.5, 0.6) is 0 Å². The molecular weight excluding hydrogens is 205 g/mol. The number of hydrogen-bond donors (Lipinski definition) is 1. The van der Waals surface area contributed by atoms with Gasteiger partial charge < -0.3 is 5.73 Å². The third-order valence-electron chi connectivity index (χ3n) is 2.89. The van der Waals surface area contributed by atoms with E-state index in [0.29, 0.717) is 6.54 Å². The standard InChI is InChI=1S/C10H19F3N2/c1-9(2,3)15-5-7(10(11,12)13)4-8(14)6-15/h7-8H,4-6,14H2,1-3H3. The number of nitrogens with zero attached hydrogens (tertiary/aromatic N) is 1. The van der Waals surface area contributed by atoms with Crippen LogP contribution in [-0.4, -0.2) is 35.7 Å².